The van der Waals surface area contributed by atoms with E-state index in [1.807, 2.05) is 9.80 Å². The number of carbonyl (C=O) groups is 2. The van der Waals surface area contributed by atoms with Crippen LogP contribution in [0.1, 0.15) is 39.5 Å². The number of likely N-dealkylation sites (tertiary alicyclic amines) is 2. The van der Waals surface area contributed by atoms with Crippen LogP contribution in [-0.2, 0) is 9.53 Å². The summed E-state index contributed by atoms with van der Waals surface area (Å²) in [5.41, 5.74) is 0.230. The second-order valence-corrected chi connectivity index (χ2v) is 6.82. The lowest BCUT2D eigenvalue weighted by Gasteiger charge is -2.34. The molecule has 0 aliphatic carbocycles. The number of piperidine rings is 1. The third-order valence-electron chi connectivity index (χ3n) is 4.33. The van der Waals surface area contributed by atoms with Crippen LogP contribution in [0.25, 0.3) is 0 Å². The van der Waals surface area contributed by atoms with Crippen LogP contribution in [0.5, 0.6) is 0 Å². The van der Waals surface area contributed by atoms with Crippen molar-refractivity contribution in [2.45, 2.75) is 45.6 Å². The van der Waals surface area contributed by atoms with Crippen LogP contribution in [0, 0.1) is 5.41 Å². The lowest BCUT2D eigenvalue weighted by Crippen LogP contribution is -2.47. The fourth-order valence-electron chi connectivity index (χ4n) is 3.00. The Morgan fingerprint density at radius 1 is 1.19 bits per heavy atom. The third kappa shape index (κ3) is 4.59. The molecular weight excluding hydrogens is 272 g/mol. The number of amides is 2. The molecule has 0 spiro atoms. The average Bonchev–Trinajstić information content (AvgIpc) is 2.79. The van der Waals surface area contributed by atoms with Crippen LogP contribution in [-0.4, -0.2) is 65.8 Å². The molecule has 0 saturated carbocycles. The Bertz CT molecular complexity index is 389. The highest BCUT2D eigenvalue weighted by Crippen LogP contribution is 2.29. The molecule has 6 heteroatoms. The van der Waals surface area contributed by atoms with Gasteiger partial charge >= 0.3 is 12.0 Å². The molecule has 2 saturated heterocycles. The van der Waals surface area contributed by atoms with Crippen LogP contribution in [0.4, 0.5) is 4.79 Å². The van der Waals surface area contributed by atoms with Gasteiger partial charge in [-0.05, 0) is 24.7 Å². The second-order valence-electron chi connectivity index (χ2n) is 6.82. The van der Waals surface area contributed by atoms with Gasteiger partial charge in [0.1, 0.15) is 0 Å². The molecule has 0 atom stereocenters. The number of ether oxygens (including phenoxy) is 1. The largest absolute Gasteiger partial charge is 0.481 e. The van der Waals surface area contributed by atoms with E-state index in [1.165, 1.54) is 0 Å². The minimum Gasteiger partial charge on any atom is -0.481 e. The average molecular weight is 298 g/mol. The topological polar surface area (TPSA) is 70.1 Å². The summed E-state index contributed by atoms with van der Waals surface area (Å²) in [4.78, 5) is 26.7. The summed E-state index contributed by atoms with van der Waals surface area (Å²) in [6, 6.07) is 0.143. The smallest absolute Gasteiger partial charge is 0.320 e. The number of hydrogen-bond donors (Lipinski definition) is 1. The van der Waals surface area contributed by atoms with Gasteiger partial charge in [-0.2, -0.15) is 0 Å². The highest BCUT2D eigenvalue weighted by atomic mass is 16.5. The minimum absolute atomic E-state index is 0.0437. The minimum atomic E-state index is -0.834. The van der Waals surface area contributed by atoms with Gasteiger partial charge in [0.05, 0.1) is 19.1 Å². The molecule has 2 rings (SSSR count). The van der Waals surface area contributed by atoms with Crippen LogP contribution in [0.3, 0.4) is 0 Å². The van der Waals surface area contributed by atoms with E-state index in [-0.39, 0.29) is 30.6 Å². The summed E-state index contributed by atoms with van der Waals surface area (Å²) in [5, 5.41) is 8.58. The Hall–Kier alpha value is -1.30. The van der Waals surface area contributed by atoms with Crippen LogP contribution >= 0.6 is 0 Å². The summed E-state index contributed by atoms with van der Waals surface area (Å²) < 4.78 is 5.55. The first-order valence-electron chi connectivity index (χ1n) is 7.75. The van der Waals surface area contributed by atoms with Gasteiger partial charge in [-0.15, -0.1) is 0 Å². The van der Waals surface area contributed by atoms with Crippen LogP contribution in [0.2, 0.25) is 0 Å². The predicted molar refractivity (Wildman–Crippen MR) is 78.2 cm³/mol. The number of rotatable bonds is 4. The fourth-order valence-corrected chi connectivity index (χ4v) is 3.00. The lowest BCUT2D eigenvalue weighted by atomic mass is 9.93. The number of aliphatic carboxylic acids is 1. The molecule has 1 N–H and O–H groups in total. The molecule has 2 fully saturated rings. The Morgan fingerprint density at radius 3 is 2.38 bits per heavy atom. The van der Waals surface area contributed by atoms with Crippen LogP contribution < -0.4 is 0 Å². The summed E-state index contributed by atoms with van der Waals surface area (Å²) in [5.74, 6) is -0.834. The maximum Gasteiger partial charge on any atom is 0.320 e. The van der Waals surface area contributed by atoms with Crippen molar-refractivity contribution in [2.75, 3.05) is 32.8 Å². The Kier molecular flexibility index (Phi) is 5.08. The summed E-state index contributed by atoms with van der Waals surface area (Å²) in [7, 11) is 0. The SMILES string of the molecule is CC1(C)CCN(C(=O)N2CCC(OCCC(=O)O)CC2)C1. The summed E-state index contributed by atoms with van der Waals surface area (Å²) >= 11 is 0. The van der Waals surface area contributed by atoms with E-state index in [2.05, 4.69) is 13.8 Å². The number of urea groups is 1. The molecule has 0 unspecified atom stereocenters. The number of carbonyl (C=O) groups excluding carboxylic acids is 1. The first-order chi connectivity index (χ1) is 9.87. The number of carboxylic acid groups (broad SMARTS) is 1. The van der Waals surface area contributed by atoms with Crippen molar-refractivity contribution < 1.29 is 19.4 Å². The summed E-state index contributed by atoms with van der Waals surface area (Å²) in [6.07, 6.45) is 2.78. The van der Waals surface area contributed by atoms with Gasteiger partial charge in [0.25, 0.3) is 0 Å². The van der Waals surface area contributed by atoms with Gasteiger partial charge in [0.15, 0.2) is 0 Å². The van der Waals surface area contributed by atoms with Gasteiger partial charge in [0, 0.05) is 26.2 Å². The third-order valence-corrected chi connectivity index (χ3v) is 4.33. The highest BCUT2D eigenvalue weighted by molar-refractivity contribution is 5.75. The molecule has 0 radical (unpaired) electrons. The van der Waals surface area contributed by atoms with Crippen molar-refractivity contribution in [3.05, 3.63) is 0 Å². The maximum atomic E-state index is 12.4. The Morgan fingerprint density at radius 2 is 1.86 bits per heavy atom. The molecule has 0 aromatic rings. The molecule has 2 aliphatic heterocycles. The van der Waals surface area contributed by atoms with E-state index < -0.39 is 5.97 Å². The normalized spacial score (nSPS) is 22.6. The molecule has 21 heavy (non-hydrogen) atoms. The van der Waals surface area contributed by atoms with E-state index in [0.717, 1.165) is 32.4 Å². The molecule has 0 aromatic heterocycles. The van der Waals surface area contributed by atoms with E-state index >= 15 is 0 Å². The zero-order valence-corrected chi connectivity index (χ0v) is 13.0. The second kappa shape index (κ2) is 6.64. The van der Waals surface area contributed by atoms with E-state index in [0.29, 0.717) is 13.1 Å². The molecular formula is C15H26N2O4. The zero-order valence-electron chi connectivity index (χ0n) is 13.0. The van der Waals surface area contributed by atoms with Crippen molar-refractivity contribution in [3.63, 3.8) is 0 Å². The van der Waals surface area contributed by atoms with E-state index in [9.17, 15) is 9.59 Å². The fraction of sp³-hybridized carbons (Fsp3) is 0.867. The first-order valence-corrected chi connectivity index (χ1v) is 7.75. The number of nitrogens with zero attached hydrogens (tertiary/aromatic N) is 2. The maximum absolute atomic E-state index is 12.4. The molecule has 2 amide bonds. The number of carboxylic acids is 1. The highest BCUT2D eigenvalue weighted by Gasteiger charge is 2.35. The van der Waals surface area contributed by atoms with E-state index in [4.69, 9.17) is 9.84 Å². The molecule has 0 aromatic carbocycles. The van der Waals surface area contributed by atoms with Gasteiger partial charge in [0.2, 0.25) is 0 Å². The van der Waals surface area contributed by atoms with Gasteiger partial charge in [-0.3, -0.25) is 4.79 Å². The number of hydrogen-bond acceptors (Lipinski definition) is 3. The van der Waals surface area contributed by atoms with Crippen LogP contribution in [0.15, 0.2) is 0 Å². The molecule has 2 aliphatic rings. The monoisotopic (exact) mass is 298 g/mol. The van der Waals surface area contributed by atoms with Gasteiger partial charge in [-0.25, -0.2) is 4.79 Å². The zero-order chi connectivity index (χ0) is 15.5. The van der Waals surface area contributed by atoms with Crippen molar-refractivity contribution in [3.8, 4) is 0 Å². The lowest BCUT2D eigenvalue weighted by molar-refractivity contribution is -0.138. The Balaban J connectivity index is 1.71. The van der Waals surface area contributed by atoms with Crippen molar-refractivity contribution in [1.82, 2.24) is 9.80 Å². The predicted octanol–water partition coefficient (Wildman–Crippen LogP) is 1.79. The first kappa shape index (κ1) is 16.1. The molecule has 6 nitrogen and oxygen atoms in total. The Labute approximate surface area is 126 Å². The quantitative estimate of drug-likeness (QED) is 0.859. The van der Waals surface area contributed by atoms with Crippen molar-refractivity contribution in [2.24, 2.45) is 5.41 Å². The van der Waals surface area contributed by atoms with E-state index in [1.54, 1.807) is 0 Å². The molecule has 120 valence electrons. The molecule has 0 bridgehead atoms. The standard InChI is InChI=1S/C15H26N2O4/c1-15(2)6-9-17(11-15)14(20)16-7-3-12(4-8-16)21-10-5-13(18)19/h12H,3-11H2,1-2H3,(H,18,19). The van der Waals surface area contributed by atoms with Gasteiger partial charge < -0.3 is 19.6 Å². The molecule has 2 heterocycles. The summed E-state index contributed by atoms with van der Waals surface area (Å²) in [6.45, 7) is 7.74. The van der Waals surface area contributed by atoms with Crippen molar-refractivity contribution in [1.29, 1.82) is 0 Å². The van der Waals surface area contributed by atoms with Gasteiger partial charge in [-0.1, -0.05) is 13.8 Å². The van der Waals surface area contributed by atoms with Crippen molar-refractivity contribution >= 4 is 12.0 Å².